The van der Waals surface area contributed by atoms with Gasteiger partial charge in [-0.1, -0.05) is 38.1 Å². The van der Waals surface area contributed by atoms with E-state index in [1.165, 1.54) is 4.90 Å². The molecule has 2 heterocycles. The predicted molar refractivity (Wildman–Crippen MR) is 154 cm³/mol. The number of hydrogen-bond donors (Lipinski definition) is 4. The number of aromatic nitrogens is 1. The standard InChI is InChI=1S/C28H32N4O6.C2HF3O2/c1-18(2)16-38-28(35)32-14-12-21(23(15-32)27(34)31-36)26(33)30-20-9-7-19(8-10-20)17-37-25-11-13-29-24-6-4-3-5-22(24)25;3-2(4,5)1(6)7/h3-11,13,18,21,23,36H,12,14-17H2,1-2H3,(H,30,33)(H,31,34);(H,6,7)/t21-,23-;/m0./s1. The molecule has 0 spiro atoms. The van der Waals surface area contributed by atoms with Gasteiger partial charge in [-0.3, -0.25) is 19.8 Å². The number of anilines is 1. The molecule has 242 valence electrons. The maximum atomic E-state index is 13.1. The van der Waals surface area contributed by atoms with Crippen molar-refractivity contribution in [3.05, 3.63) is 66.4 Å². The zero-order valence-electron chi connectivity index (χ0n) is 24.4. The van der Waals surface area contributed by atoms with Crippen LogP contribution in [0, 0.1) is 17.8 Å². The molecule has 3 aromatic rings. The first-order valence-corrected chi connectivity index (χ1v) is 13.8. The monoisotopic (exact) mass is 634 g/mol. The molecule has 45 heavy (non-hydrogen) atoms. The summed E-state index contributed by atoms with van der Waals surface area (Å²) in [5.74, 6) is -4.56. The Kier molecular flexibility index (Phi) is 12.1. The number of carbonyl (C=O) groups excluding carboxylic acids is 3. The number of carboxylic acids is 1. The number of piperidine rings is 1. The maximum absolute atomic E-state index is 13.1. The van der Waals surface area contributed by atoms with E-state index in [9.17, 15) is 32.8 Å². The van der Waals surface area contributed by atoms with Crippen molar-refractivity contribution in [2.75, 3.05) is 25.0 Å². The predicted octanol–water partition coefficient (Wildman–Crippen LogP) is 4.62. The number of alkyl halides is 3. The molecule has 1 aromatic heterocycles. The number of hydroxylamine groups is 1. The van der Waals surface area contributed by atoms with Gasteiger partial charge in [-0.25, -0.2) is 15.1 Å². The topological polar surface area (TPSA) is 167 Å². The van der Waals surface area contributed by atoms with Crippen molar-refractivity contribution in [1.29, 1.82) is 0 Å². The van der Waals surface area contributed by atoms with Crippen LogP contribution in [0.15, 0.2) is 60.8 Å². The largest absolute Gasteiger partial charge is 0.490 e. The summed E-state index contributed by atoms with van der Waals surface area (Å²) in [6.45, 7) is 4.69. The minimum Gasteiger partial charge on any atom is -0.488 e. The van der Waals surface area contributed by atoms with Crippen LogP contribution in [-0.4, -0.2) is 69.9 Å². The second-order valence-corrected chi connectivity index (χ2v) is 10.5. The molecule has 0 bridgehead atoms. The molecule has 3 amide bonds. The first-order valence-electron chi connectivity index (χ1n) is 13.8. The number of para-hydroxylation sites is 1. The van der Waals surface area contributed by atoms with Crippen molar-refractivity contribution in [3.8, 4) is 5.75 Å². The second kappa shape index (κ2) is 15.7. The minimum atomic E-state index is -5.08. The highest BCUT2D eigenvalue weighted by Gasteiger charge is 2.40. The molecule has 1 fully saturated rings. The molecular formula is C30H33F3N4O8. The third-order valence-corrected chi connectivity index (χ3v) is 6.66. The van der Waals surface area contributed by atoms with Crippen LogP contribution in [0.1, 0.15) is 25.8 Å². The Bertz CT molecular complexity index is 1480. The fourth-order valence-electron chi connectivity index (χ4n) is 4.39. The van der Waals surface area contributed by atoms with E-state index in [-0.39, 0.29) is 37.9 Å². The van der Waals surface area contributed by atoms with Crippen LogP contribution in [-0.2, 0) is 25.7 Å². The maximum Gasteiger partial charge on any atom is 0.490 e. The van der Waals surface area contributed by atoms with Crippen molar-refractivity contribution in [2.45, 2.75) is 33.1 Å². The fourth-order valence-corrected chi connectivity index (χ4v) is 4.39. The number of ether oxygens (including phenoxy) is 2. The van der Waals surface area contributed by atoms with E-state index in [2.05, 4.69) is 10.3 Å². The molecule has 2 atom stereocenters. The third kappa shape index (κ3) is 10.1. The number of rotatable bonds is 8. The van der Waals surface area contributed by atoms with Crippen LogP contribution in [0.2, 0.25) is 0 Å². The summed E-state index contributed by atoms with van der Waals surface area (Å²) < 4.78 is 43.0. The van der Waals surface area contributed by atoms with Crippen LogP contribution in [0.4, 0.5) is 23.7 Å². The van der Waals surface area contributed by atoms with Gasteiger partial charge in [0.2, 0.25) is 11.8 Å². The average Bonchev–Trinajstić information content (AvgIpc) is 3.02. The number of amides is 3. The zero-order chi connectivity index (χ0) is 33.1. The smallest absolute Gasteiger partial charge is 0.488 e. The minimum absolute atomic E-state index is 0.0264. The molecule has 2 aromatic carbocycles. The van der Waals surface area contributed by atoms with Gasteiger partial charge < -0.3 is 24.8 Å². The highest BCUT2D eigenvalue weighted by Crippen LogP contribution is 2.27. The molecule has 12 nitrogen and oxygen atoms in total. The highest BCUT2D eigenvalue weighted by atomic mass is 19.4. The zero-order valence-corrected chi connectivity index (χ0v) is 24.4. The average molecular weight is 635 g/mol. The number of nitrogens with one attached hydrogen (secondary N) is 2. The van der Waals surface area contributed by atoms with Crippen LogP contribution < -0.4 is 15.5 Å². The van der Waals surface area contributed by atoms with Gasteiger partial charge in [0, 0.05) is 30.4 Å². The molecule has 4 rings (SSSR count). The Morgan fingerprint density at radius 2 is 1.69 bits per heavy atom. The van der Waals surface area contributed by atoms with Crippen molar-refractivity contribution in [3.63, 3.8) is 0 Å². The molecule has 0 aliphatic carbocycles. The Morgan fingerprint density at radius 1 is 1.02 bits per heavy atom. The molecular weight excluding hydrogens is 601 g/mol. The number of pyridine rings is 1. The Hall–Kier alpha value is -4.92. The van der Waals surface area contributed by atoms with E-state index in [4.69, 9.17) is 19.4 Å². The molecule has 1 aliphatic rings. The van der Waals surface area contributed by atoms with Crippen molar-refractivity contribution < 1.29 is 52.1 Å². The van der Waals surface area contributed by atoms with E-state index in [0.717, 1.165) is 22.2 Å². The number of likely N-dealkylation sites (tertiary alicyclic amines) is 1. The van der Waals surface area contributed by atoms with Gasteiger partial charge in [0.25, 0.3) is 0 Å². The number of nitrogens with zero attached hydrogens (tertiary/aromatic N) is 2. The summed E-state index contributed by atoms with van der Waals surface area (Å²) in [6.07, 6.45) is -3.66. The number of carbonyl (C=O) groups is 4. The third-order valence-electron chi connectivity index (χ3n) is 6.66. The summed E-state index contributed by atoms with van der Waals surface area (Å²) in [4.78, 5) is 52.4. The lowest BCUT2D eigenvalue weighted by atomic mass is 9.84. The van der Waals surface area contributed by atoms with E-state index >= 15 is 0 Å². The van der Waals surface area contributed by atoms with Gasteiger partial charge >= 0.3 is 18.2 Å². The SMILES string of the molecule is CC(C)COC(=O)N1CC[C@H](C(=O)Nc2ccc(COc3ccnc4ccccc34)cc2)[C@@H](C(=O)NO)C1.O=C(O)C(F)(F)F. The van der Waals surface area contributed by atoms with E-state index in [0.29, 0.717) is 12.3 Å². The molecule has 15 heteroatoms. The molecule has 0 radical (unpaired) electrons. The molecule has 4 N–H and O–H groups in total. The Morgan fingerprint density at radius 3 is 2.31 bits per heavy atom. The Labute approximate surface area is 256 Å². The van der Waals surface area contributed by atoms with E-state index < -0.39 is 36.0 Å². The summed E-state index contributed by atoms with van der Waals surface area (Å²) in [5.41, 5.74) is 3.96. The first-order chi connectivity index (χ1) is 21.3. The number of hydrogen-bond acceptors (Lipinski definition) is 8. The fraction of sp³-hybridized carbons (Fsp3) is 0.367. The lowest BCUT2D eigenvalue weighted by Crippen LogP contribution is -2.52. The lowest BCUT2D eigenvalue weighted by Gasteiger charge is -2.36. The number of carboxylic acid groups (broad SMARTS) is 1. The number of benzene rings is 2. The van der Waals surface area contributed by atoms with Gasteiger partial charge in [-0.15, -0.1) is 0 Å². The lowest BCUT2D eigenvalue weighted by molar-refractivity contribution is -0.192. The van der Waals surface area contributed by atoms with Crippen molar-refractivity contribution in [2.24, 2.45) is 17.8 Å². The second-order valence-electron chi connectivity index (χ2n) is 10.5. The highest BCUT2D eigenvalue weighted by molar-refractivity contribution is 5.96. The van der Waals surface area contributed by atoms with Gasteiger partial charge in [0.05, 0.1) is 24.0 Å². The Balaban J connectivity index is 0.000000707. The summed E-state index contributed by atoms with van der Waals surface area (Å²) in [6, 6.07) is 16.8. The van der Waals surface area contributed by atoms with Crippen molar-refractivity contribution >= 4 is 40.5 Å². The summed E-state index contributed by atoms with van der Waals surface area (Å²) >= 11 is 0. The first kappa shape index (κ1) is 34.6. The van der Waals surface area contributed by atoms with Crippen molar-refractivity contribution in [1.82, 2.24) is 15.4 Å². The van der Waals surface area contributed by atoms with Gasteiger partial charge in [0.1, 0.15) is 12.4 Å². The number of halogens is 3. The van der Waals surface area contributed by atoms with Crippen LogP contribution in [0.3, 0.4) is 0 Å². The van der Waals surface area contributed by atoms with Gasteiger partial charge in [-0.2, -0.15) is 13.2 Å². The number of fused-ring (bicyclic) bond motifs is 1. The van der Waals surface area contributed by atoms with Gasteiger partial charge in [0.15, 0.2) is 0 Å². The van der Waals surface area contributed by atoms with E-state index in [1.807, 2.05) is 56.3 Å². The molecule has 1 saturated heterocycles. The van der Waals surface area contributed by atoms with E-state index in [1.54, 1.807) is 23.8 Å². The summed E-state index contributed by atoms with van der Waals surface area (Å²) in [7, 11) is 0. The van der Waals surface area contributed by atoms with Crippen LogP contribution >= 0.6 is 0 Å². The van der Waals surface area contributed by atoms with Gasteiger partial charge in [-0.05, 0) is 48.2 Å². The summed E-state index contributed by atoms with van der Waals surface area (Å²) in [5, 5.41) is 20.1. The van der Waals surface area contributed by atoms with Crippen LogP contribution in [0.5, 0.6) is 5.75 Å². The normalized spacial score (nSPS) is 16.3. The number of aliphatic carboxylic acids is 1. The molecule has 0 unspecified atom stereocenters. The molecule has 1 aliphatic heterocycles. The quantitative estimate of drug-likeness (QED) is 0.204. The molecule has 0 saturated carbocycles. The van der Waals surface area contributed by atoms with Crippen LogP contribution in [0.25, 0.3) is 10.9 Å².